The monoisotopic (exact) mass is 364 g/mol. The second kappa shape index (κ2) is 6.42. The molecule has 0 aliphatic carbocycles. The molecule has 1 atom stereocenters. The Morgan fingerprint density at radius 3 is 2.24 bits per heavy atom. The zero-order chi connectivity index (χ0) is 15.7. The Kier molecular flexibility index (Phi) is 5.02. The van der Waals surface area contributed by atoms with Crippen LogP contribution in [0.3, 0.4) is 0 Å². The maximum atomic E-state index is 11.0. The van der Waals surface area contributed by atoms with Crippen molar-refractivity contribution in [3.05, 3.63) is 56.0 Å². The van der Waals surface area contributed by atoms with Crippen LogP contribution in [0.5, 0.6) is 0 Å². The minimum atomic E-state index is -1.73. The van der Waals surface area contributed by atoms with E-state index in [9.17, 15) is 9.90 Å². The van der Waals surface area contributed by atoms with Crippen molar-refractivity contribution in [2.45, 2.75) is 6.10 Å². The molecule has 0 saturated carbocycles. The third-order valence-corrected chi connectivity index (χ3v) is 4.49. The van der Waals surface area contributed by atoms with Crippen LogP contribution in [-0.4, -0.2) is 16.2 Å². The van der Waals surface area contributed by atoms with Crippen molar-refractivity contribution in [2.24, 2.45) is 0 Å². The lowest BCUT2D eigenvalue weighted by atomic mass is 9.96. The molecule has 0 spiro atoms. The van der Waals surface area contributed by atoms with E-state index in [-0.39, 0.29) is 25.7 Å². The topological polar surface area (TPSA) is 57.5 Å². The molecule has 2 aromatic carbocycles. The lowest BCUT2D eigenvalue weighted by Crippen LogP contribution is -2.11. The van der Waals surface area contributed by atoms with E-state index in [1.807, 2.05) is 0 Å². The Labute approximate surface area is 140 Å². The van der Waals surface area contributed by atoms with Crippen molar-refractivity contribution < 1.29 is 15.0 Å². The van der Waals surface area contributed by atoms with Crippen molar-refractivity contribution >= 4 is 52.4 Å². The summed E-state index contributed by atoms with van der Waals surface area (Å²) in [4.78, 5) is 11.0. The summed E-state index contributed by atoms with van der Waals surface area (Å²) >= 11 is 24.2. The fraction of sp³-hybridized carbons (Fsp3) is 0.0714. The molecule has 0 saturated heterocycles. The molecule has 110 valence electrons. The molecule has 0 aromatic heterocycles. The van der Waals surface area contributed by atoms with Crippen molar-refractivity contribution in [1.82, 2.24) is 0 Å². The van der Waals surface area contributed by atoms with Crippen molar-refractivity contribution in [3.63, 3.8) is 0 Å². The summed E-state index contributed by atoms with van der Waals surface area (Å²) < 4.78 is 0. The zero-order valence-corrected chi connectivity index (χ0v) is 13.3. The second-order valence-corrected chi connectivity index (χ2v) is 5.74. The molecule has 0 aliphatic heterocycles. The fourth-order valence-electron chi connectivity index (χ4n) is 1.90. The predicted octanol–water partition coefficient (Wildman–Crippen LogP) is 5.09. The number of carboxylic acid groups (broad SMARTS) is 1. The number of aliphatic hydroxyl groups is 1. The Balaban J connectivity index is 2.75. The van der Waals surface area contributed by atoms with Gasteiger partial charge in [-0.05, 0) is 12.1 Å². The van der Waals surface area contributed by atoms with E-state index in [1.165, 1.54) is 12.1 Å². The number of aliphatic hydroxyl groups excluding tert-OH is 1. The second-order valence-electron chi connectivity index (χ2n) is 4.17. The molecule has 0 bridgehead atoms. The number of aliphatic carboxylic acids is 1. The molecule has 3 nitrogen and oxygen atoms in total. The van der Waals surface area contributed by atoms with E-state index in [0.29, 0.717) is 11.1 Å². The van der Waals surface area contributed by atoms with Crippen LogP contribution in [0.15, 0.2) is 30.3 Å². The SMILES string of the molecule is O=C(O)C(O)c1cccc(Cl)c1-c1ccc(Cl)c(Cl)c1Cl. The largest absolute Gasteiger partial charge is 0.479 e. The van der Waals surface area contributed by atoms with Crippen molar-refractivity contribution in [2.75, 3.05) is 0 Å². The van der Waals surface area contributed by atoms with E-state index in [0.717, 1.165) is 0 Å². The van der Waals surface area contributed by atoms with Gasteiger partial charge in [0.15, 0.2) is 6.10 Å². The van der Waals surface area contributed by atoms with Gasteiger partial charge in [-0.15, -0.1) is 0 Å². The van der Waals surface area contributed by atoms with Gasteiger partial charge >= 0.3 is 5.97 Å². The van der Waals surface area contributed by atoms with E-state index < -0.39 is 12.1 Å². The molecule has 0 fully saturated rings. The standard InChI is InChI=1S/C14H8Cl4O3/c15-8-3-1-2-7(13(19)14(20)21)10(8)6-4-5-9(16)12(18)11(6)17/h1-5,13,19H,(H,20,21). The number of halogens is 4. The third kappa shape index (κ3) is 3.12. The number of hydrogen-bond donors (Lipinski definition) is 2. The Morgan fingerprint density at radius 2 is 1.62 bits per heavy atom. The highest BCUT2D eigenvalue weighted by Crippen LogP contribution is 2.43. The molecule has 21 heavy (non-hydrogen) atoms. The Hall–Kier alpha value is -0.970. The molecular weight excluding hydrogens is 358 g/mol. The molecule has 0 amide bonds. The number of benzene rings is 2. The molecule has 0 heterocycles. The Morgan fingerprint density at radius 1 is 0.952 bits per heavy atom. The maximum absolute atomic E-state index is 11.0. The highest BCUT2D eigenvalue weighted by Gasteiger charge is 2.24. The summed E-state index contributed by atoms with van der Waals surface area (Å²) in [7, 11) is 0. The van der Waals surface area contributed by atoms with Gasteiger partial charge in [0.25, 0.3) is 0 Å². The van der Waals surface area contributed by atoms with Crippen LogP contribution >= 0.6 is 46.4 Å². The zero-order valence-electron chi connectivity index (χ0n) is 10.3. The number of rotatable bonds is 3. The van der Waals surface area contributed by atoms with Crippen LogP contribution < -0.4 is 0 Å². The molecule has 2 aromatic rings. The number of hydrogen-bond acceptors (Lipinski definition) is 2. The lowest BCUT2D eigenvalue weighted by molar-refractivity contribution is -0.146. The smallest absolute Gasteiger partial charge is 0.337 e. The summed E-state index contributed by atoms with van der Waals surface area (Å²) in [6, 6.07) is 7.65. The van der Waals surface area contributed by atoms with Gasteiger partial charge in [0.2, 0.25) is 0 Å². The summed E-state index contributed by atoms with van der Waals surface area (Å²) in [6.45, 7) is 0. The van der Waals surface area contributed by atoms with Gasteiger partial charge in [0, 0.05) is 21.7 Å². The fourth-order valence-corrected chi connectivity index (χ4v) is 2.82. The van der Waals surface area contributed by atoms with E-state index >= 15 is 0 Å². The minimum absolute atomic E-state index is 0.121. The van der Waals surface area contributed by atoms with E-state index in [1.54, 1.807) is 18.2 Å². The molecule has 0 aliphatic rings. The maximum Gasteiger partial charge on any atom is 0.337 e. The molecule has 7 heteroatoms. The highest BCUT2D eigenvalue weighted by molar-refractivity contribution is 6.49. The van der Waals surface area contributed by atoms with Gasteiger partial charge in [-0.3, -0.25) is 0 Å². The first kappa shape index (κ1) is 16.4. The van der Waals surface area contributed by atoms with Gasteiger partial charge in [0.1, 0.15) is 0 Å². The lowest BCUT2D eigenvalue weighted by Gasteiger charge is -2.16. The van der Waals surface area contributed by atoms with E-state index in [2.05, 4.69) is 0 Å². The van der Waals surface area contributed by atoms with Crippen LogP contribution in [0.2, 0.25) is 20.1 Å². The summed E-state index contributed by atoms with van der Waals surface area (Å²) in [5.41, 5.74) is 0.819. The van der Waals surface area contributed by atoms with Gasteiger partial charge in [-0.25, -0.2) is 4.79 Å². The van der Waals surface area contributed by atoms with E-state index in [4.69, 9.17) is 51.5 Å². The van der Waals surface area contributed by atoms with Crippen LogP contribution in [-0.2, 0) is 4.79 Å². The first-order chi connectivity index (χ1) is 9.84. The molecule has 2 N–H and O–H groups in total. The first-order valence-corrected chi connectivity index (χ1v) is 7.19. The van der Waals surface area contributed by atoms with Crippen LogP contribution in [0, 0.1) is 0 Å². The third-order valence-electron chi connectivity index (χ3n) is 2.88. The van der Waals surface area contributed by atoms with Gasteiger partial charge in [-0.2, -0.15) is 0 Å². The minimum Gasteiger partial charge on any atom is -0.479 e. The average Bonchev–Trinajstić information content (AvgIpc) is 2.45. The molecular formula is C14H8Cl4O3. The first-order valence-electron chi connectivity index (χ1n) is 5.67. The van der Waals surface area contributed by atoms with Gasteiger partial charge in [0.05, 0.1) is 15.1 Å². The van der Waals surface area contributed by atoms with Gasteiger partial charge < -0.3 is 10.2 Å². The molecule has 0 radical (unpaired) electrons. The average molecular weight is 366 g/mol. The number of carbonyl (C=O) groups is 1. The quantitative estimate of drug-likeness (QED) is 0.745. The summed E-state index contributed by atoms with van der Waals surface area (Å²) in [5.74, 6) is -1.39. The van der Waals surface area contributed by atoms with Crippen LogP contribution in [0.25, 0.3) is 11.1 Å². The molecule has 2 rings (SSSR count). The number of carboxylic acids is 1. The molecule has 1 unspecified atom stereocenters. The predicted molar refractivity (Wildman–Crippen MR) is 84.5 cm³/mol. The normalized spacial score (nSPS) is 12.2. The van der Waals surface area contributed by atoms with Crippen molar-refractivity contribution in [1.29, 1.82) is 0 Å². The van der Waals surface area contributed by atoms with Crippen LogP contribution in [0.4, 0.5) is 0 Å². The van der Waals surface area contributed by atoms with Crippen LogP contribution in [0.1, 0.15) is 11.7 Å². The van der Waals surface area contributed by atoms with Crippen molar-refractivity contribution in [3.8, 4) is 11.1 Å². The Bertz CT molecular complexity index is 716. The summed E-state index contributed by atoms with van der Waals surface area (Å²) in [6.07, 6.45) is -1.73. The van der Waals surface area contributed by atoms with Gasteiger partial charge in [-0.1, -0.05) is 64.6 Å². The summed E-state index contributed by atoms with van der Waals surface area (Å²) in [5, 5.41) is 19.6. The highest BCUT2D eigenvalue weighted by atomic mass is 35.5.